The lowest BCUT2D eigenvalue weighted by Crippen LogP contribution is -1.95. The second-order valence-corrected chi connectivity index (χ2v) is 5.79. The molecule has 0 fully saturated rings. The van der Waals surface area contributed by atoms with Crippen LogP contribution in [-0.2, 0) is 5.75 Å². The predicted octanol–water partition coefficient (Wildman–Crippen LogP) is 4.63. The van der Waals surface area contributed by atoms with Gasteiger partial charge >= 0.3 is 0 Å². The van der Waals surface area contributed by atoms with Gasteiger partial charge in [-0.2, -0.15) is 0 Å². The maximum Gasteiger partial charge on any atom is 0.163 e. The van der Waals surface area contributed by atoms with Crippen molar-refractivity contribution < 1.29 is 14.3 Å². The van der Waals surface area contributed by atoms with Gasteiger partial charge in [-0.3, -0.25) is 4.79 Å². The zero-order valence-electron chi connectivity index (χ0n) is 11.5. The molecule has 0 atom stereocenters. The third-order valence-corrected chi connectivity index (χ3v) is 4.22. The molecule has 4 heteroatoms. The first-order valence-electron chi connectivity index (χ1n) is 6.58. The first kappa shape index (κ1) is 13.8. The molecule has 3 aromatic rings. The molecule has 1 heterocycles. The van der Waals surface area contributed by atoms with Crippen LogP contribution in [0.4, 0.5) is 0 Å². The average molecular weight is 298 g/mol. The number of carbonyl (C=O) groups is 1. The van der Waals surface area contributed by atoms with Gasteiger partial charge in [0, 0.05) is 10.3 Å². The Morgan fingerprint density at radius 3 is 2.67 bits per heavy atom. The van der Waals surface area contributed by atoms with Crippen LogP contribution >= 0.6 is 11.8 Å². The highest BCUT2D eigenvalue weighted by Crippen LogP contribution is 2.33. The molecule has 0 unspecified atom stereocenters. The van der Waals surface area contributed by atoms with E-state index in [0.29, 0.717) is 28.0 Å². The molecule has 0 aliphatic carbocycles. The van der Waals surface area contributed by atoms with Crippen LogP contribution in [0.5, 0.6) is 5.75 Å². The van der Waals surface area contributed by atoms with Gasteiger partial charge in [-0.1, -0.05) is 18.2 Å². The van der Waals surface area contributed by atoms with E-state index in [2.05, 4.69) is 0 Å². The van der Waals surface area contributed by atoms with Gasteiger partial charge < -0.3 is 9.52 Å². The van der Waals surface area contributed by atoms with Gasteiger partial charge in [0.25, 0.3) is 0 Å². The average Bonchev–Trinajstić information content (AvgIpc) is 2.84. The molecule has 0 aliphatic rings. The fourth-order valence-corrected chi connectivity index (χ4v) is 3.14. The van der Waals surface area contributed by atoms with E-state index in [1.54, 1.807) is 30.0 Å². The smallest absolute Gasteiger partial charge is 0.163 e. The summed E-state index contributed by atoms with van der Waals surface area (Å²) in [6.45, 7) is 1.52. The van der Waals surface area contributed by atoms with Crippen LogP contribution in [0, 0.1) is 0 Å². The molecule has 0 bridgehead atoms. The monoisotopic (exact) mass is 298 g/mol. The minimum Gasteiger partial charge on any atom is -0.508 e. The van der Waals surface area contributed by atoms with Crippen molar-refractivity contribution in [3.8, 4) is 5.75 Å². The molecule has 21 heavy (non-hydrogen) atoms. The summed E-state index contributed by atoms with van der Waals surface area (Å²) >= 11 is 1.62. The van der Waals surface area contributed by atoms with Crippen LogP contribution < -0.4 is 0 Å². The quantitative estimate of drug-likeness (QED) is 0.563. The van der Waals surface area contributed by atoms with E-state index < -0.39 is 0 Å². The van der Waals surface area contributed by atoms with E-state index in [-0.39, 0.29) is 11.5 Å². The summed E-state index contributed by atoms with van der Waals surface area (Å²) in [5.41, 5.74) is 1.19. The standard InChI is InChI=1S/C17H14O3S/c1-11(18)17-14-9-12(19)7-8-15(14)20-16(17)10-21-13-5-3-2-4-6-13/h2-9,19H,10H2,1H3. The Bertz CT molecular complexity index is 790. The van der Waals surface area contributed by atoms with E-state index >= 15 is 0 Å². The third kappa shape index (κ3) is 2.81. The first-order valence-corrected chi connectivity index (χ1v) is 7.57. The fraction of sp³-hybridized carbons (Fsp3) is 0.118. The molecule has 1 aromatic heterocycles. The predicted molar refractivity (Wildman–Crippen MR) is 83.9 cm³/mol. The van der Waals surface area contributed by atoms with Crippen molar-refractivity contribution in [3.05, 3.63) is 59.9 Å². The minimum absolute atomic E-state index is 0.0528. The van der Waals surface area contributed by atoms with Crippen molar-refractivity contribution in [2.24, 2.45) is 0 Å². The van der Waals surface area contributed by atoms with E-state index in [1.807, 2.05) is 30.3 Å². The molecule has 3 rings (SSSR count). The van der Waals surface area contributed by atoms with Crippen molar-refractivity contribution in [1.29, 1.82) is 0 Å². The second kappa shape index (κ2) is 5.66. The Morgan fingerprint density at radius 1 is 1.19 bits per heavy atom. The number of hydrogen-bond donors (Lipinski definition) is 1. The molecule has 2 aromatic carbocycles. The van der Waals surface area contributed by atoms with Gasteiger partial charge in [-0.15, -0.1) is 11.8 Å². The normalized spacial score (nSPS) is 10.9. The lowest BCUT2D eigenvalue weighted by atomic mass is 10.1. The highest BCUT2D eigenvalue weighted by atomic mass is 32.2. The van der Waals surface area contributed by atoms with E-state index in [4.69, 9.17) is 4.42 Å². The van der Waals surface area contributed by atoms with Crippen molar-refractivity contribution in [1.82, 2.24) is 0 Å². The van der Waals surface area contributed by atoms with Crippen LogP contribution in [0.2, 0.25) is 0 Å². The van der Waals surface area contributed by atoms with Gasteiger partial charge in [-0.05, 0) is 37.3 Å². The zero-order valence-corrected chi connectivity index (χ0v) is 12.3. The van der Waals surface area contributed by atoms with Gasteiger partial charge in [-0.25, -0.2) is 0 Å². The zero-order chi connectivity index (χ0) is 14.8. The molecule has 106 valence electrons. The topological polar surface area (TPSA) is 50.4 Å². The highest BCUT2D eigenvalue weighted by Gasteiger charge is 2.18. The maximum absolute atomic E-state index is 11.9. The van der Waals surface area contributed by atoms with Crippen LogP contribution in [0.1, 0.15) is 23.0 Å². The van der Waals surface area contributed by atoms with Gasteiger partial charge in [0.2, 0.25) is 0 Å². The Labute approximate surface area is 126 Å². The highest BCUT2D eigenvalue weighted by molar-refractivity contribution is 7.98. The minimum atomic E-state index is -0.0528. The van der Waals surface area contributed by atoms with E-state index in [9.17, 15) is 9.90 Å². The van der Waals surface area contributed by atoms with Crippen molar-refractivity contribution in [2.45, 2.75) is 17.6 Å². The molecule has 3 nitrogen and oxygen atoms in total. The summed E-state index contributed by atoms with van der Waals surface area (Å²) < 4.78 is 5.78. The number of phenolic OH excluding ortho intramolecular Hbond substituents is 1. The molecule has 0 aliphatic heterocycles. The number of carbonyl (C=O) groups excluding carboxylic acids is 1. The molecule has 1 N–H and O–H groups in total. The van der Waals surface area contributed by atoms with Gasteiger partial charge in [0.1, 0.15) is 17.1 Å². The number of phenols is 1. The Hall–Kier alpha value is -2.20. The van der Waals surface area contributed by atoms with Crippen molar-refractivity contribution >= 4 is 28.5 Å². The molecular formula is C17H14O3S. The number of fused-ring (bicyclic) bond motifs is 1. The largest absolute Gasteiger partial charge is 0.508 e. The molecule has 0 amide bonds. The van der Waals surface area contributed by atoms with Gasteiger partial charge in [0.05, 0.1) is 11.3 Å². The summed E-state index contributed by atoms with van der Waals surface area (Å²) in [5.74, 6) is 1.31. The Balaban J connectivity index is 1.98. The summed E-state index contributed by atoms with van der Waals surface area (Å²) in [7, 11) is 0. The number of benzene rings is 2. The van der Waals surface area contributed by atoms with Crippen molar-refractivity contribution in [3.63, 3.8) is 0 Å². The lowest BCUT2D eigenvalue weighted by Gasteiger charge is -2.01. The SMILES string of the molecule is CC(=O)c1c(CSc2ccccc2)oc2ccc(O)cc12. The van der Waals surface area contributed by atoms with E-state index in [1.165, 1.54) is 6.92 Å². The summed E-state index contributed by atoms with van der Waals surface area (Å²) in [5, 5.41) is 10.3. The number of furan rings is 1. The van der Waals surface area contributed by atoms with Gasteiger partial charge in [0.15, 0.2) is 5.78 Å². The summed E-state index contributed by atoms with van der Waals surface area (Å²) in [6, 6.07) is 14.8. The second-order valence-electron chi connectivity index (χ2n) is 4.74. The van der Waals surface area contributed by atoms with E-state index in [0.717, 1.165) is 4.90 Å². The van der Waals surface area contributed by atoms with Crippen LogP contribution in [0.3, 0.4) is 0 Å². The number of Topliss-reactive ketones (excluding diaryl/α,β-unsaturated/α-hetero) is 1. The third-order valence-electron chi connectivity index (χ3n) is 3.21. The van der Waals surface area contributed by atoms with Crippen LogP contribution in [-0.4, -0.2) is 10.9 Å². The number of rotatable bonds is 4. The summed E-state index contributed by atoms with van der Waals surface area (Å²) in [6.07, 6.45) is 0. The fourth-order valence-electron chi connectivity index (χ4n) is 2.29. The number of hydrogen-bond acceptors (Lipinski definition) is 4. The number of aromatic hydroxyl groups is 1. The Morgan fingerprint density at radius 2 is 1.95 bits per heavy atom. The molecule has 0 saturated heterocycles. The molecule has 0 radical (unpaired) electrons. The first-order chi connectivity index (χ1) is 10.1. The molecular weight excluding hydrogens is 284 g/mol. The number of ketones is 1. The molecule has 0 saturated carbocycles. The summed E-state index contributed by atoms with van der Waals surface area (Å²) in [4.78, 5) is 13.0. The molecule has 0 spiro atoms. The van der Waals surface area contributed by atoms with Crippen LogP contribution in [0.25, 0.3) is 11.0 Å². The lowest BCUT2D eigenvalue weighted by molar-refractivity contribution is 0.101. The van der Waals surface area contributed by atoms with Crippen molar-refractivity contribution in [2.75, 3.05) is 0 Å². The van der Waals surface area contributed by atoms with Crippen LogP contribution in [0.15, 0.2) is 57.8 Å². The Kier molecular flexibility index (Phi) is 3.71. The maximum atomic E-state index is 11.9. The number of thioether (sulfide) groups is 1.